The van der Waals surface area contributed by atoms with Gasteiger partial charge in [-0.05, 0) is 96.0 Å². The van der Waals surface area contributed by atoms with Crippen molar-refractivity contribution in [3.05, 3.63) is 57.6 Å². The number of benzene rings is 2. The second kappa shape index (κ2) is 10.5. The summed E-state index contributed by atoms with van der Waals surface area (Å²) >= 11 is 3.42. The van der Waals surface area contributed by atoms with E-state index in [-0.39, 0.29) is 12.4 Å². The van der Waals surface area contributed by atoms with Crippen LogP contribution < -0.4 is 9.47 Å². The molecule has 2 aliphatic heterocycles. The van der Waals surface area contributed by atoms with Crippen molar-refractivity contribution < 1.29 is 24.2 Å². The monoisotopic (exact) mass is 501 g/mol. The number of nitrogens with zero attached hydrogens (tertiary/aromatic N) is 1. The minimum absolute atomic E-state index is 0.179. The van der Waals surface area contributed by atoms with E-state index in [1.807, 2.05) is 24.3 Å². The number of aliphatic carboxylic acids is 1. The number of likely N-dealkylation sites (tertiary alicyclic amines) is 1. The van der Waals surface area contributed by atoms with Gasteiger partial charge in [0.05, 0.1) is 16.6 Å². The molecule has 2 heterocycles. The zero-order valence-electron chi connectivity index (χ0n) is 18.0. The van der Waals surface area contributed by atoms with E-state index in [1.54, 1.807) is 0 Å². The third kappa shape index (κ3) is 5.90. The van der Waals surface area contributed by atoms with E-state index in [0.717, 1.165) is 61.1 Å². The smallest absolute Gasteiger partial charge is 0.341 e. The molecule has 0 radical (unpaired) electrons. The lowest BCUT2D eigenvalue weighted by Gasteiger charge is -2.32. The molecule has 2 aromatic carbocycles. The first-order chi connectivity index (χ1) is 15.5. The zero-order valence-corrected chi connectivity index (χ0v) is 19.6. The number of ketones is 1. The van der Waals surface area contributed by atoms with Crippen LogP contribution in [0.3, 0.4) is 0 Å². The van der Waals surface area contributed by atoms with Gasteiger partial charge in [0.15, 0.2) is 12.4 Å². The van der Waals surface area contributed by atoms with Crippen LogP contribution in [0.2, 0.25) is 0 Å². The van der Waals surface area contributed by atoms with Crippen molar-refractivity contribution in [3.8, 4) is 11.5 Å². The number of Topliss-reactive ketones (excluding diaryl/α,β-unsaturated/α-hetero) is 1. The van der Waals surface area contributed by atoms with Gasteiger partial charge in [-0.15, -0.1) is 0 Å². The van der Waals surface area contributed by atoms with Gasteiger partial charge in [-0.2, -0.15) is 0 Å². The first kappa shape index (κ1) is 22.8. The van der Waals surface area contributed by atoms with Gasteiger partial charge >= 0.3 is 5.97 Å². The van der Waals surface area contributed by atoms with Crippen LogP contribution in [0.25, 0.3) is 0 Å². The van der Waals surface area contributed by atoms with Crippen LogP contribution in [-0.4, -0.2) is 54.6 Å². The van der Waals surface area contributed by atoms with Gasteiger partial charge in [-0.25, -0.2) is 4.79 Å². The van der Waals surface area contributed by atoms with Crippen molar-refractivity contribution in [2.45, 2.75) is 32.1 Å². The zero-order chi connectivity index (χ0) is 22.5. The molecular formula is C25H28BrNO5. The molecule has 32 heavy (non-hydrogen) atoms. The maximum Gasteiger partial charge on any atom is 0.341 e. The number of carbonyl (C=O) groups excluding carboxylic acids is 1. The van der Waals surface area contributed by atoms with Gasteiger partial charge in [0, 0.05) is 13.0 Å². The predicted molar refractivity (Wildman–Crippen MR) is 125 cm³/mol. The Morgan fingerprint density at radius 3 is 2.72 bits per heavy atom. The number of piperidine rings is 1. The van der Waals surface area contributed by atoms with Gasteiger partial charge in [-0.3, -0.25) is 4.79 Å². The fourth-order valence-corrected chi connectivity index (χ4v) is 4.79. The van der Waals surface area contributed by atoms with E-state index in [2.05, 4.69) is 33.0 Å². The molecule has 0 atom stereocenters. The van der Waals surface area contributed by atoms with E-state index in [9.17, 15) is 9.59 Å². The Morgan fingerprint density at radius 1 is 1.16 bits per heavy atom. The minimum atomic E-state index is -0.981. The van der Waals surface area contributed by atoms with Crippen LogP contribution in [0.1, 0.15) is 40.7 Å². The first-order valence-corrected chi connectivity index (χ1v) is 11.9. The molecule has 2 aliphatic rings. The molecule has 7 heteroatoms. The average molecular weight is 502 g/mol. The Bertz CT molecular complexity index is 984. The van der Waals surface area contributed by atoms with Crippen molar-refractivity contribution in [3.63, 3.8) is 0 Å². The Kier molecular flexibility index (Phi) is 7.48. The molecule has 0 saturated carbocycles. The SMILES string of the molecule is O=C(O)COc1cc(CC2CCN(CCc3ccc4c(c3)C(=O)CCO4)CC2)ccc1Br. The third-order valence-electron chi connectivity index (χ3n) is 6.23. The number of carbonyl (C=O) groups is 2. The third-order valence-corrected chi connectivity index (χ3v) is 6.88. The summed E-state index contributed by atoms with van der Waals surface area (Å²) in [6, 6.07) is 11.9. The van der Waals surface area contributed by atoms with Crippen molar-refractivity contribution >= 4 is 27.7 Å². The average Bonchev–Trinajstić information content (AvgIpc) is 2.79. The van der Waals surface area contributed by atoms with E-state index in [0.29, 0.717) is 24.7 Å². The molecule has 0 bridgehead atoms. The van der Waals surface area contributed by atoms with Crippen molar-refractivity contribution in [2.75, 3.05) is 32.8 Å². The highest BCUT2D eigenvalue weighted by molar-refractivity contribution is 9.10. The molecule has 0 aliphatic carbocycles. The highest BCUT2D eigenvalue weighted by atomic mass is 79.9. The van der Waals surface area contributed by atoms with Crippen LogP contribution >= 0.6 is 15.9 Å². The molecule has 0 spiro atoms. The maximum absolute atomic E-state index is 12.1. The normalized spacial score (nSPS) is 17.0. The summed E-state index contributed by atoms with van der Waals surface area (Å²) in [6.45, 7) is 3.27. The maximum atomic E-state index is 12.1. The summed E-state index contributed by atoms with van der Waals surface area (Å²) in [7, 11) is 0. The summed E-state index contributed by atoms with van der Waals surface area (Å²) in [5.74, 6) is 1.10. The molecule has 1 N–H and O–H groups in total. The number of carboxylic acid groups (broad SMARTS) is 1. The molecule has 4 rings (SSSR count). The van der Waals surface area contributed by atoms with Crippen LogP contribution in [0, 0.1) is 5.92 Å². The number of halogens is 1. The van der Waals surface area contributed by atoms with Gasteiger partial charge in [0.25, 0.3) is 0 Å². The Hall–Kier alpha value is -2.38. The summed E-state index contributed by atoms with van der Waals surface area (Å²) in [5, 5.41) is 8.84. The number of carboxylic acids is 1. The number of ether oxygens (including phenoxy) is 2. The topological polar surface area (TPSA) is 76.1 Å². The summed E-state index contributed by atoms with van der Waals surface area (Å²) < 4.78 is 11.7. The molecule has 0 amide bonds. The van der Waals surface area contributed by atoms with Crippen LogP contribution in [0.5, 0.6) is 11.5 Å². The van der Waals surface area contributed by atoms with Crippen LogP contribution in [0.4, 0.5) is 0 Å². The lowest BCUT2D eigenvalue weighted by molar-refractivity contribution is -0.139. The van der Waals surface area contributed by atoms with E-state index >= 15 is 0 Å². The van der Waals surface area contributed by atoms with Crippen molar-refractivity contribution in [2.24, 2.45) is 5.92 Å². The Balaban J connectivity index is 1.25. The van der Waals surface area contributed by atoms with Gasteiger partial charge in [0.1, 0.15) is 11.5 Å². The second-order valence-corrected chi connectivity index (χ2v) is 9.39. The molecule has 1 fully saturated rings. The minimum Gasteiger partial charge on any atom is -0.492 e. The summed E-state index contributed by atoms with van der Waals surface area (Å²) in [4.78, 5) is 25.4. The van der Waals surface area contributed by atoms with Crippen LogP contribution in [0.15, 0.2) is 40.9 Å². The fourth-order valence-electron chi connectivity index (χ4n) is 4.42. The summed E-state index contributed by atoms with van der Waals surface area (Å²) in [5.41, 5.74) is 3.09. The fraction of sp³-hybridized carbons (Fsp3) is 0.440. The highest BCUT2D eigenvalue weighted by Crippen LogP contribution is 2.30. The lowest BCUT2D eigenvalue weighted by Crippen LogP contribution is -2.35. The lowest BCUT2D eigenvalue weighted by atomic mass is 9.90. The quantitative estimate of drug-likeness (QED) is 0.578. The number of hydrogen-bond acceptors (Lipinski definition) is 5. The van der Waals surface area contributed by atoms with Gasteiger partial charge < -0.3 is 19.5 Å². The molecule has 2 aromatic rings. The first-order valence-electron chi connectivity index (χ1n) is 11.1. The van der Waals surface area contributed by atoms with E-state index < -0.39 is 5.97 Å². The molecular weight excluding hydrogens is 474 g/mol. The number of hydrogen-bond donors (Lipinski definition) is 1. The predicted octanol–water partition coefficient (Wildman–Crippen LogP) is 4.37. The molecule has 1 saturated heterocycles. The second-order valence-electron chi connectivity index (χ2n) is 8.54. The number of rotatable bonds is 8. The molecule has 0 aromatic heterocycles. The Labute approximate surface area is 196 Å². The summed E-state index contributed by atoms with van der Waals surface area (Å²) in [6.07, 6.45) is 4.64. The number of fused-ring (bicyclic) bond motifs is 1. The highest BCUT2D eigenvalue weighted by Gasteiger charge is 2.21. The van der Waals surface area contributed by atoms with Gasteiger partial charge in [0.2, 0.25) is 0 Å². The molecule has 0 unspecified atom stereocenters. The van der Waals surface area contributed by atoms with Crippen molar-refractivity contribution in [1.29, 1.82) is 0 Å². The van der Waals surface area contributed by atoms with E-state index in [1.165, 1.54) is 11.1 Å². The van der Waals surface area contributed by atoms with Crippen molar-refractivity contribution in [1.82, 2.24) is 4.90 Å². The molecule has 170 valence electrons. The molecule has 6 nitrogen and oxygen atoms in total. The van der Waals surface area contributed by atoms with Crippen LogP contribution in [-0.2, 0) is 17.6 Å². The largest absolute Gasteiger partial charge is 0.492 e. The van der Waals surface area contributed by atoms with Gasteiger partial charge in [-0.1, -0.05) is 12.1 Å². The van der Waals surface area contributed by atoms with E-state index in [4.69, 9.17) is 14.6 Å². The Morgan fingerprint density at radius 2 is 1.94 bits per heavy atom. The standard InChI is InChI=1S/C25H28BrNO5/c26-21-3-1-19(15-24(21)32-16-25(29)30)13-18-6-10-27(11-7-18)9-5-17-2-4-23-20(14-17)22(28)8-12-31-23/h1-4,14-15,18H,5-13,16H2,(H,29,30).